The summed E-state index contributed by atoms with van der Waals surface area (Å²) in [6.07, 6.45) is 0. The van der Waals surface area contributed by atoms with Crippen LogP contribution in [0.3, 0.4) is 0 Å². The number of hydrogen-bond acceptors (Lipinski definition) is 4. The Bertz CT molecular complexity index is 1260. The summed E-state index contributed by atoms with van der Waals surface area (Å²) in [5.41, 5.74) is 8.64. The molecule has 3 aromatic carbocycles. The minimum atomic E-state index is -3.97. The highest BCUT2D eigenvalue weighted by Gasteiger charge is 2.32. The second-order valence-corrected chi connectivity index (χ2v) is 9.66. The van der Waals surface area contributed by atoms with Crippen LogP contribution in [0.5, 0.6) is 0 Å². The van der Waals surface area contributed by atoms with Gasteiger partial charge in [-0.25, -0.2) is 5.01 Å². The van der Waals surface area contributed by atoms with Crippen molar-refractivity contribution in [2.24, 2.45) is 15.2 Å². The van der Waals surface area contributed by atoms with Crippen LogP contribution < -0.4 is 5.73 Å². The van der Waals surface area contributed by atoms with Crippen LogP contribution in [0.1, 0.15) is 17.0 Å². The Hall–Kier alpha value is -2.71. The van der Waals surface area contributed by atoms with E-state index < -0.39 is 10.0 Å². The molecule has 32 heavy (non-hydrogen) atoms. The predicted molar refractivity (Wildman–Crippen MR) is 129 cm³/mol. The third kappa shape index (κ3) is 4.86. The van der Waals surface area contributed by atoms with Gasteiger partial charge in [0.05, 0.1) is 23.7 Å². The quantitative estimate of drug-likeness (QED) is 0.423. The van der Waals surface area contributed by atoms with E-state index in [1.807, 2.05) is 42.5 Å². The van der Waals surface area contributed by atoms with Crippen molar-refractivity contribution in [3.05, 3.63) is 100 Å². The van der Waals surface area contributed by atoms with Gasteiger partial charge in [-0.15, -0.1) is 4.40 Å². The zero-order valence-corrected chi connectivity index (χ0v) is 19.2. The van der Waals surface area contributed by atoms with Crippen molar-refractivity contribution in [1.82, 2.24) is 5.01 Å². The normalized spacial score (nSPS) is 16.8. The average Bonchev–Trinajstić information content (AvgIpc) is 3.24. The van der Waals surface area contributed by atoms with Gasteiger partial charge < -0.3 is 5.73 Å². The number of amidine groups is 1. The van der Waals surface area contributed by atoms with Crippen LogP contribution in [-0.4, -0.2) is 38.1 Å². The zero-order chi connectivity index (χ0) is 22.7. The number of nitrogens with two attached hydrogens (primary N) is 1. The van der Waals surface area contributed by atoms with Gasteiger partial charge in [0.25, 0.3) is 10.0 Å². The molecule has 0 fully saturated rings. The van der Waals surface area contributed by atoms with Crippen LogP contribution in [0.25, 0.3) is 0 Å². The number of sulfonamides is 1. The Balaban J connectivity index is 1.73. The Kier molecular flexibility index (Phi) is 6.62. The summed E-state index contributed by atoms with van der Waals surface area (Å²) in [4.78, 5) is 0.0357. The van der Waals surface area contributed by atoms with Gasteiger partial charge in [-0.1, -0.05) is 65.7 Å². The lowest BCUT2D eigenvalue weighted by molar-refractivity contribution is 0.469. The van der Waals surface area contributed by atoms with E-state index in [1.54, 1.807) is 17.1 Å². The van der Waals surface area contributed by atoms with E-state index in [9.17, 15) is 8.42 Å². The number of hydrogen-bond donors (Lipinski definition) is 1. The van der Waals surface area contributed by atoms with Crippen LogP contribution in [0, 0.1) is 0 Å². The monoisotopic (exact) mass is 486 g/mol. The van der Waals surface area contributed by atoms with Gasteiger partial charge in [0, 0.05) is 16.0 Å². The van der Waals surface area contributed by atoms with E-state index in [-0.39, 0.29) is 23.2 Å². The lowest BCUT2D eigenvalue weighted by Crippen LogP contribution is -2.32. The first-order valence-electron chi connectivity index (χ1n) is 9.84. The second-order valence-electron chi connectivity index (χ2n) is 7.18. The molecule has 9 heteroatoms. The molecule has 164 valence electrons. The van der Waals surface area contributed by atoms with Gasteiger partial charge in [0.15, 0.2) is 5.84 Å². The highest BCUT2D eigenvalue weighted by atomic mass is 35.5. The zero-order valence-electron chi connectivity index (χ0n) is 16.9. The molecule has 1 heterocycles. The van der Waals surface area contributed by atoms with E-state index in [2.05, 4.69) is 4.40 Å². The molecular weight excluding hydrogens is 467 g/mol. The van der Waals surface area contributed by atoms with E-state index in [0.717, 1.165) is 16.8 Å². The summed E-state index contributed by atoms with van der Waals surface area (Å²) < 4.78 is 29.7. The Morgan fingerprint density at radius 3 is 2.16 bits per heavy atom. The number of hydrazone groups is 1. The van der Waals surface area contributed by atoms with Gasteiger partial charge in [0.1, 0.15) is 0 Å². The Morgan fingerprint density at radius 1 is 0.969 bits per heavy atom. The Labute approximate surface area is 197 Å². The fraction of sp³-hybridized carbons (Fsp3) is 0.130. The summed E-state index contributed by atoms with van der Waals surface area (Å²) in [6.45, 7) is 0.319. The van der Waals surface area contributed by atoms with Crippen LogP contribution in [0.4, 0.5) is 0 Å². The molecule has 0 amide bonds. The molecule has 2 N–H and O–H groups in total. The smallest absolute Gasteiger partial charge is 0.284 e. The molecule has 3 aromatic rings. The molecule has 0 saturated carbocycles. The summed E-state index contributed by atoms with van der Waals surface area (Å²) in [5, 5.41) is 7.35. The fourth-order valence-electron chi connectivity index (χ4n) is 3.48. The molecule has 1 aliphatic rings. The first-order chi connectivity index (χ1) is 15.4. The van der Waals surface area contributed by atoms with Crippen LogP contribution in [0.15, 0.2) is 93.3 Å². The minimum absolute atomic E-state index is 0.0357. The van der Waals surface area contributed by atoms with Crippen molar-refractivity contribution in [2.75, 3.05) is 13.1 Å². The summed E-state index contributed by atoms with van der Waals surface area (Å²) >= 11 is 11.9. The molecule has 1 atom stereocenters. The van der Waals surface area contributed by atoms with Crippen molar-refractivity contribution in [2.45, 2.75) is 10.8 Å². The number of rotatable bonds is 5. The molecule has 0 radical (unpaired) electrons. The van der Waals surface area contributed by atoms with Gasteiger partial charge in [0.2, 0.25) is 0 Å². The first-order valence-corrected chi connectivity index (χ1v) is 12.0. The minimum Gasteiger partial charge on any atom is -0.324 e. The molecule has 0 spiro atoms. The average molecular weight is 487 g/mol. The van der Waals surface area contributed by atoms with Crippen LogP contribution in [0.2, 0.25) is 10.0 Å². The van der Waals surface area contributed by atoms with E-state index >= 15 is 0 Å². The lowest BCUT2D eigenvalue weighted by atomic mass is 9.91. The van der Waals surface area contributed by atoms with Gasteiger partial charge >= 0.3 is 0 Å². The standard InChI is InChI=1S/C23H20Cl2N4O2S/c24-18-8-6-17(7-9-18)23-21(16-4-2-1-3-5-16)15-29(27-23)22(14-26)28-32(30,31)20-12-10-19(25)11-13-20/h1-13,21H,14-15,26H2/b28-22+. The van der Waals surface area contributed by atoms with Crippen molar-refractivity contribution >= 4 is 44.8 Å². The number of benzene rings is 3. The first kappa shape index (κ1) is 22.5. The molecule has 0 bridgehead atoms. The van der Waals surface area contributed by atoms with Crippen molar-refractivity contribution in [3.8, 4) is 0 Å². The van der Waals surface area contributed by atoms with E-state index in [1.165, 1.54) is 24.3 Å². The molecule has 4 rings (SSSR count). The largest absolute Gasteiger partial charge is 0.324 e. The number of nitrogens with zero attached hydrogens (tertiary/aromatic N) is 3. The molecule has 0 saturated heterocycles. The molecule has 0 aromatic heterocycles. The third-order valence-corrected chi connectivity index (χ3v) is 6.90. The summed E-state index contributed by atoms with van der Waals surface area (Å²) in [7, 11) is -3.97. The van der Waals surface area contributed by atoms with Crippen molar-refractivity contribution in [3.63, 3.8) is 0 Å². The highest BCUT2D eigenvalue weighted by Crippen LogP contribution is 2.30. The van der Waals surface area contributed by atoms with E-state index in [0.29, 0.717) is 16.6 Å². The maximum atomic E-state index is 12.8. The maximum absolute atomic E-state index is 12.8. The summed E-state index contributed by atoms with van der Waals surface area (Å²) in [5.74, 6) is 0.0669. The molecule has 6 nitrogen and oxygen atoms in total. The van der Waals surface area contributed by atoms with Crippen LogP contribution in [-0.2, 0) is 10.0 Å². The van der Waals surface area contributed by atoms with Gasteiger partial charge in [-0.2, -0.15) is 13.5 Å². The van der Waals surface area contributed by atoms with Crippen LogP contribution >= 0.6 is 23.2 Å². The number of halogens is 2. The SMILES string of the molecule is NC/C(=N\S(=O)(=O)c1ccc(Cl)cc1)N1CC(c2ccccc2)C(c2ccc(Cl)cc2)=N1. The van der Waals surface area contributed by atoms with Crippen molar-refractivity contribution in [1.29, 1.82) is 0 Å². The van der Waals surface area contributed by atoms with Crippen molar-refractivity contribution < 1.29 is 8.42 Å². The molecule has 1 aliphatic heterocycles. The molecule has 0 aliphatic carbocycles. The third-order valence-electron chi connectivity index (χ3n) is 5.07. The fourth-order valence-corrected chi connectivity index (χ4v) is 4.76. The second kappa shape index (κ2) is 9.42. The highest BCUT2D eigenvalue weighted by molar-refractivity contribution is 7.90. The van der Waals surface area contributed by atoms with E-state index in [4.69, 9.17) is 34.0 Å². The predicted octanol–water partition coefficient (Wildman–Crippen LogP) is 4.54. The van der Waals surface area contributed by atoms with Gasteiger partial charge in [-0.3, -0.25) is 0 Å². The topological polar surface area (TPSA) is 88.1 Å². The maximum Gasteiger partial charge on any atom is 0.284 e. The molecular formula is C23H20Cl2N4O2S. The Morgan fingerprint density at radius 2 is 1.56 bits per heavy atom. The van der Waals surface area contributed by atoms with Gasteiger partial charge in [-0.05, 0) is 47.5 Å². The molecule has 1 unspecified atom stereocenters. The lowest BCUT2D eigenvalue weighted by Gasteiger charge is -2.17. The summed E-state index contributed by atoms with van der Waals surface area (Å²) in [6, 6.07) is 23.1.